The van der Waals surface area contributed by atoms with Gasteiger partial charge in [-0.25, -0.2) is 0 Å². The molecular formula is C14H19BrClN3O2. The summed E-state index contributed by atoms with van der Waals surface area (Å²) in [6.07, 6.45) is 0. The molecule has 1 unspecified atom stereocenters. The van der Waals surface area contributed by atoms with Gasteiger partial charge in [0.05, 0.1) is 6.54 Å². The van der Waals surface area contributed by atoms with Crippen molar-refractivity contribution in [1.29, 1.82) is 0 Å². The van der Waals surface area contributed by atoms with Crippen molar-refractivity contribution in [3.05, 3.63) is 34.3 Å². The quantitative estimate of drug-likeness (QED) is 0.839. The second-order valence-corrected chi connectivity index (χ2v) is 5.75. The molecule has 1 aliphatic rings. The summed E-state index contributed by atoms with van der Waals surface area (Å²) < 4.78 is 0.840. The molecule has 2 N–H and O–H groups in total. The molecule has 1 saturated heterocycles. The number of halogens is 2. The predicted molar refractivity (Wildman–Crippen MR) is 87.8 cm³/mol. The largest absolute Gasteiger partial charge is 0.343 e. The Morgan fingerprint density at radius 1 is 1.48 bits per heavy atom. The molecule has 0 saturated carbocycles. The van der Waals surface area contributed by atoms with Crippen molar-refractivity contribution >= 4 is 40.2 Å². The van der Waals surface area contributed by atoms with Crippen LogP contribution in [0.25, 0.3) is 0 Å². The molecule has 0 spiro atoms. The lowest BCUT2D eigenvalue weighted by Gasteiger charge is -2.34. The number of hydrogen-bond donors (Lipinski definition) is 2. The maximum absolute atomic E-state index is 12.1. The van der Waals surface area contributed by atoms with Crippen molar-refractivity contribution in [2.75, 3.05) is 26.2 Å². The highest BCUT2D eigenvalue weighted by molar-refractivity contribution is 9.10. The zero-order valence-corrected chi connectivity index (χ0v) is 14.2. The molecule has 1 atom stereocenters. The third-order valence-corrected chi connectivity index (χ3v) is 3.80. The third kappa shape index (κ3) is 4.98. The van der Waals surface area contributed by atoms with Crippen LogP contribution >= 0.6 is 28.3 Å². The van der Waals surface area contributed by atoms with E-state index in [2.05, 4.69) is 26.6 Å². The van der Waals surface area contributed by atoms with Gasteiger partial charge >= 0.3 is 0 Å². The minimum atomic E-state index is -0.234. The Hall–Kier alpha value is -1.11. The Balaban J connectivity index is 0.00000220. The number of benzene rings is 1. The van der Waals surface area contributed by atoms with Crippen LogP contribution in [0, 0.1) is 0 Å². The lowest BCUT2D eigenvalue weighted by atomic mass is 10.2. The van der Waals surface area contributed by atoms with E-state index in [4.69, 9.17) is 0 Å². The maximum atomic E-state index is 12.1. The molecule has 1 aliphatic heterocycles. The standard InChI is InChI=1S/C14H18BrN3O2.ClH/c1-10-8-16-5-6-18(10)13(19)9-17-14(20)11-3-2-4-12(15)7-11;/h2-4,7,10,16H,5-6,8-9H2,1H3,(H,17,20);1H. The van der Waals surface area contributed by atoms with E-state index in [1.54, 1.807) is 23.1 Å². The molecule has 1 aromatic rings. The summed E-state index contributed by atoms with van der Waals surface area (Å²) in [6, 6.07) is 7.26. The number of hydrogen-bond acceptors (Lipinski definition) is 3. The Labute approximate surface area is 139 Å². The van der Waals surface area contributed by atoms with Gasteiger partial charge in [0.15, 0.2) is 0 Å². The molecule has 2 rings (SSSR count). The Morgan fingerprint density at radius 3 is 2.90 bits per heavy atom. The SMILES string of the molecule is CC1CNCCN1C(=O)CNC(=O)c1cccc(Br)c1.Cl. The minimum Gasteiger partial charge on any atom is -0.343 e. The van der Waals surface area contributed by atoms with Crippen molar-refractivity contribution in [2.24, 2.45) is 0 Å². The Bertz CT molecular complexity index is 513. The van der Waals surface area contributed by atoms with Gasteiger partial charge in [-0.3, -0.25) is 9.59 Å². The van der Waals surface area contributed by atoms with E-state index in [0.29, 0.717) is 12.1 Å². The van der Waals surface area contributed by atoms with E-state index in [1.165, 1.54) is 0 Å². The molecule has 116 valence electrons. The first-order valence-corrected chi connectivity index (χ1v) is 7.41. The molecule has 1 fully saturated rings. The lowest BCUT2D eigenvalue weighted by molar-refractivity contribution is -0.132. The molecule has 1 aromatic carbocycles. The van der Waals surface area contributed by atoms with Gasteiger partial charge in [0, 0.05) is 35.7 Å². The van der Waals surface area contributed by atoms with Crippen LogP contribution in [-0.2, 0) is 4.79 Å². The van der Waals surface area contributed by atoms with Gasteiger partial charge in [-0.05, 0) is 25.1 Å². The predicted octanol–water partition coefficient (Wildman–Crippen LogP) is 1.42. The van der Waals surface area contributed by atoms with Crippen LogP contribution in [0.2, 0.25) is 0 Å². The molecule has 21 heavy (non-hydrogen) atoms. The zero-order chi connectivity index (χ0) is 14.5. The highest BCUT2D eigenvalue weighted by Gasteiger charge is 2.23. The van der Waals surface area contributed by atoms with Crippen LogP contribution in [0.5, 0.6) is 0 Å². The van der Waals surface area contributed by atoms with E-state index in [0.717, 1.165) is 17.6 Å². The van der Waals surface area contributed by atoms with Gasteiger partial charge < -0.3 is 15.5 Å². The maximum Gasteiger partial charge on any atom is 0.251 e. The summed E-state index contributed by atoms with van der Waals surface area (Å²) in [4.78, 5) is 25.8. The highest BCUT2D eigenvalue weighted by Crippen LogP contribution is 2.11. The summed E-state index contributed by atoms with van der Waals surface area (Å²) in [5.41, 5.74) is 0.542. The van der Waals surface area contributed by atoms with Crippen molar-refractivity contribution in [2.45, 2.75) is 13.0 Å². The van der Waals surface area contributed by atoms with Gasteiger partial charge in [-0.1, -0.05) is 22.0 Å². The van der Waals surface area contributed by atoms with Gasteiger partial charge in [0.1, 0.15) is 0 Å². The van der Waals surface area contributed by atoms with Crippen LogP contribution in [0.15, 0.2) is 28.7 Å². The fourth-order valence-corrected chi connectivity index (χ4v) is 2.60. The van der Waals surface area contributed by atoms with Crippen molar-refractivity contribution < 1.29 is 9.59 Å². The number of nitrogens with zero attached hydrogens (tertiary/aromatic N) is 1. The number of piperazine rings is 1. The average Bonchev–Trinajstić information content (AvgIpc) is 2.45. The molecule has 0 radical (unpaired) electrons. The van der Waals surface area contributed by atoms with Crippen LogP contribution in [0.3, 0.4) is 0 Å². The summed E-state index contributed by atoms with van der Waals surface area (Å²) in [5.74, 6) is -0.273. The fourth-order valence-electron chi connectivity index (χ4n) is 2.20. The summed E-state index contributed by atoms with van der Waals surface area (Å²) in [6.45, 7) is 4.32. The Morgan fingerprint density at radius 2 is 2.24 bits per heavy atom. The minimum absolute atomic E-state index is 0. The molecule has 0 bridgehead atoms. The molecule has 7 heteroatoms. The number of carbonyl (C=O) groups is 2. The van der Waals surface area contributed by atoms with Gasteiger partial charge in [0.25, 0.3) is 5.91 Å². The second-order valence-electron chi connectivity index (χ2n) is 4.83. The smallest absolute Gasteiger partial charge is 0.251 e. The van der Waals surface area contributed by atoms with Crippen molar-refractivity contribution in [3.63, 3.8) is 0 Å². The summed E-state index contributed by atoms with van der Waals surface area (Å²) in [7, 11) is 0. The summed E-state index contributed by atoms with van der Waals surface area (Å²) >= 11 is 3.32. The molecule has 0 aromatic heterocycles. The average molecular weight is 377 g/mol. The molecular weight excluding hydrogens is 358 g/mol. The Kier molecular flexibility index (Phi) is 7.14. The van der Waals surface area contributed by atoms with Crippen molar-refractivity contribution in [3.8, 4) is 0 Å². The van der Waals surface area contributed by atoms with Crippen LogP contribution < -0.4 is 10.6 Å². The number of nitrogens with one attached hydrogen (secondary N) is 2. The van der Waals surface area contributed by atoms with Crippen LogP contribution in [-0.4, -0.2) is 48.9 Å². The van der Waals surface area contributed by atoms with E-state index in [1.807, 2.05) is 13.0 Å². The first-order valence-electron chi connectivity index (χ1n) is 6.62. The molecule has 2 amide bonds. The third-order valence-electron chi connectivity index (χ3n) is 3.31. The first-order chi connectivity index (χ1) is 9.58. The van der Waals surface area contributed by atoms with Gasteiger partial charge in [-0.15, -0.1) is 12.4 Å². The number of carbonyl (C=O) groups excluding carboxylic acids is 2. The monoisotopic (exact) mass is 375 g/mol. The highest BCUT2D eigenvalue weighted by atomic mass is 79.9. The second kappa shape index (κ2) is 8.36. The fraction of sp³-hybridized carbons (Fsp3) is 0.429. The topological polar surface area (TPSA) is 61.4 Å². The lowest BCUT2D eigenvalue weighted by Crippen LogP contribution is -2.54. The van der Waals surface area contributed by atoms with Crippen LogP contribution in [0.4, 0.5) is 0 Å². The number of amides is 2. The molecule has 0 aliphatic carbocycles. The van der Waals surface area contributed by atoms with Crippen LogP contribution in [0.1, 0.15) is 17.3 Å². The number of rotatable bonds is 3. The molecule has 1 heterocycles. The zero-order valence-electron chi connectivity index (χ0n) is 11.8. The van der Waals surface area contributed by atoms with E-state index in [-0.39, 0.29) is 36.8 Å². The van der Waals surface area contributed by atoms with Gasteiger partial charge in [-0.2, -0.15) is 0 Å². The normalized spacial score (nSPS) is 17.8. The first kappa shape index (κ1) is 17.9. The van der Waals surface area contributed by atoms with Crippen molar-refractivity contribution in [1.82, 2.24) is 15.5 Å². The van der Waals surface area contributed by atoms with E-state index < -0.39 is 0 Å². The molecule has 5 nitrogen and oxygen atoms in total. The van der Waals surface area contributed by atoms with Gasteiger partial charge in [0.2, 0.25) is 5.91 Å². The summed E-state index contributed by atoms with van der Waals surface area (Å²) in [5, 5.41) is 5.90. The van der Waals surface area contributed by atoms with E-state index >= 15 is 0 Å². The van der Waals surface area contributed by atoms with E-state index in [9.17, 15) is 9.59 Å².